The molecule has 31 heavy (non-hydrogen) atoms. The molecule has 0 aliphatic rings. The fourth-order valence-electron chi connectivity index (χ4n) is 3.98. The van der Waals surface area contributed by atoms with Crippen molar-refractivity contribution < 1.29 is 4.79 Å². The van der Waals surface area contributed by atoms with Crippen LogP contribution in [0.25, 0.3) is 10.9 Å². The second-order valence-electron chi connectivity index (χ2n) is 8.03. The Morgan fingerprint density at radius 1 is 1.16 bits per heavy atom. The number of nitrogens with zero attached hydrogens (tertiary/aromatic N) is 5. The van der Waals surface area contributed by atoms with Crippen molar-refractivity contribution in [3.63, 3.8) is 0 Å². The average molecular weight is 418 g/mol. The molecule has 0 saturated heterocycles. The van der Waals surface area contributed by atoms with Crippen molar-refractivity contribution in [3.8, 4) is 0 Å². The molecule has 1 amide bonds. The van der Waals surface area contributed by atoms with Gasteiger partial charge in [-0.15, -0.1) is 5.10 Å². The van der Waals surface area contributed by atoms with Crippen molar-refractivity contribution in [2.75, 3.05) is 5.73 Å². The van der Waals surface area contributed by atoms with Crippen LogP contribution in [0.4, 0.5) is 5.82 Å². The molecular weight excluding hydrogens is 390 g/mol. The Morgan fingerprint density at radius 3 is 2.68 bits per heavy atom. The third-order valence-corrected chi connectivity index (χ3v) is 5.99. The van der Waals surface area contributed by atoms with Gasteiger partial charge in [0, 0.05) is 35.9 Å². The van der Waals surface area contributed by atoms with Crippen LogP contribution in [-0.2, 0) is 20.1 Å². The quantitative estimate of drug-likeness (QED) is 0.520. The van der Waals surface area contributed by atoms with E-state index in [-0.39, 0.29) is 11.6 Å². The molecule has 0 fully saturated rings. The zero-order chi connectivity index (χ0) is 22.3. The van der Waals surface area contributed by atoms with E-state index in [0.29, 0.717) is 18.9 Å². The highest BCUT2D eigenvalue weighted by atomic mass is 16.2. The molecule has 0 unspecified atom stereocenters. The number of nitrogens with one attached hydrogen (secondary N) is 1. The van der Waals surface area contributed by atoms with E-state index >= 15 is 0 Å². The summed E-state index contributed by atoms with van der Waals surface area (Å²) in [5, 5.41) is 12.3. The Balaban J connectivity index is 1.46. The molecule has 4 rings (SSSR count). The number of rotatable bonds is 5. The van der Waals surface area contributed by atoms with E-state index in [0.717, 1.165) is 22.4 Å². The summed E-state index contributed by atoms with van der Waals surface area (Å²) in [5.41, 5.74) is 13.7. The van der Waals surface area contributed by atoms with Crippen LogP contribution in [0.5, 0.6) is 0 Å². The van der Waals surface area contributed by atoms with Gasteiger partial charge in [-0.2, -0.15) is 0 Å². The highest BCUT2D eigenvalue weighted by Crippen LogP contribution is 2.25. The molecular formula is C23H27N7O. The molecule has 0 saturated carbocycles. The third kappa shape index (κ3) is 3.88. The molecule has 160 valence electrons. The molecule has 3 aromatic heterocycles. The summed E-state index contributed by atoms with van der Waals surface area (Å²) in [4.78, 5) is 16.8. The zero-order valence-electron chi connectivity index (χ0n) is 18.5. The molecule has 8 heteroatoms. The van der Waals surface area contributed by atoms with E-state index in [1.54, 1.807) is 16.9 Å². The largest absolute Gasteiger partial charge is 0.384 e. The topological polar surface area (TPSA) is 104 Å². The Hall–Kier alpha value is -3.68. The van der Waals surface area contributed by atoms with Crippen molar-refractivity contribution >= 4 is 22.6 Å². The number of carbonyl (C=O) groups excluding carboxylic acids is 1. The Kier molecular flexibility index (Phi) is 5.22. The van der Waals surface area contributed by atoms with Gasteiger partial charge in [0.05, 0.1) is 12.7 Å². The lowest BCUT2D eigenvalue weighted by atomic mass is 10.1. The molecule has 0 aliphatic carbocycles. The maximum atomic E-state index is 12.6. The van der Waals surface area contributed by atoms with Crippen molar-refractivity contribution in [1.82, 2.24) is 29.9 Å². The SMILES string of the molecule is Cc1cc(N)nc(C)c1CNC(=O)c1cn(Cc2ccc3c(c2)c(C)c(C)n3C)nn1. The maximum absolute atomic E-state index is 12.6. The molecule has 0 spiro atoms. The molecule has 3 heterocycles. The highest BCUT2D eigenvalue weighted by molar-refractivity contribution is 5.91. The Labute approximate surface area is 181 Å². The lowest BCUT2D eigenvalue weighted by Crippen LogP contribution is -2.24. The molecule has 8 nitrogen and oxygen atoms in total. The van der Waals surface area contributed by atoms with Crippen LogP contribution in [0.2, 0.25) is 0 Å². The normalized spacial score (nSPS) is 11.3. The molecule has 0 bridgehead atoms. The summed E-state index contributed by atoms with van der Waals surface area (Å²) in [6.45, 7) is 9.01. The number of hydrogen-bond donors (Lipinski definition) is 2. The second kappa shape index (κ2) is 7.86. The monoisotopic (exact) mass is 417 g/mol. The Bertz CT molecular complexity index is 1280. The first-order valence-corrected chi connectivity index (χ1v) is 10.2. The van der Waals surface area contributed by atoms with Crippen LogP contribution in [-0.4, -0.2) is 30.5 Å². The smallest absolute Gasteiger partial charge is 0.273 e. The maximum Gasteiger partial charge on any atom is 0.273 e. The van der Waals surface area contributed by atoms with Crippen molar-refractivity contribution in [3.05, 3.63) is 69.8 Å². The first-order chi connectivity index (χ1) is 14.7. The standard InChI is InChI=1S/C23H27N7O/c1-13-8-22(24)26-15(3)19(13)10-25-23(31)20-12-30(28-27-20)11-17-6-7-21-18(9-17)14(2)16(4)29(21)5/h6-9,12H,10-11H2,1-5H3,(H2,24,26)(H,25,31). The van der Waals surface area contributed by atoms with E-state index in [9.17, 15) is 4.79 Å². The molecule has 1 aromatic carbocycles. The predicted octanol–water partition coefficient (Wildman–Crippen LogP) is 2.96. The number of fused-ring (bicyclic) bond motifs is 1. The number of nitrogens with two attached hydrogens (primary N) is 1. The molecule has 3 N–H and O–H groups in total. The summed E-state index contributed by atoms with van der Waals surface area (Å²) in [6.07, 6.45) is 1.67. The van der Waals surface area contributed by atoms with Crippen LogP contribution >= 0.6 is 0 Å². The van der Waals surface area contributed by atoms with Crippen LogP contribution in [0.3, 0.4) is 0 Å². The minimum absolute atomic E-state index is 0.271. The summed E-state index contributed by atoms with van der Waals surface area (Å²) >= 11 is 0. The van der Waals surface area contributed by atoms with E-state index < -0.39 is 0 Å². The molecule has 0 aliphatic heterocycles. The highest BCUT2D eigenvalue weighted by Gasteiger charge is 2.14. The van der Waals surface area contributed by atoms with E-state index in [1.165, 1.54) is 22.2 Å². The van der Waals surface area contributed by atoms with Gasteiger partial charge in [0.1, 0.15) is 5.82 Å². The van der Waals surface area contributed by atoms with Gasteiger partial charge in [0.25, 0.3) is 5.91 Å². The van der Waals surface area contributed by atoms with Crippen molar-refractivity contribution in [2.45, 2.75) is 40.8 Å². The number of pyridine rings is 1. The van der Waals surface area contributed by atoms with E-state index in [4.69, 9.17) is 5.73 Å². The third-order valence-electron chi connectivity index (χ3n) is 5.99. The van der Waals surface area contributed by atoms with Gasteiger partial charge in [-0.3, -0.25) is 4.79 Å². The van der Waals surface area contributed by atoms with Gasteiger partial charge < -0.3 is 15.6 Å². The van der Waals surface area contributed by atoms with E-state index in [2.05, 4.69) is 64.3 Å². The molecule has 0 radical (unpaired) electrons. The number of amides is 1. The minimum Gasteiger partial charge on any atom is -0.384 e. The lowest BCUT2D eigenvalue weighted by molar-refractivity contribution is 0.0945. The number of carbonyl (C=O) groups is 1. The number of aryl methyl sites for hydroxylation is 4. The fourth-order valence-corrected chi connectivity index (χ4v) is 3.98. The summed E-state index contributed by atoms with van der Waals surface area (Å²) < 4.78 is 3.88. The minimum atomic E-state index is -0.271. The van der Waals surface area contributed by atoms with Crippen molar-refractivity contribution in [2.24, 2.45) is 7.05 Å². The number of aromatic nitrogens is 5. The lowest BCUT2D eigenvalue weighted by Gasteiger charge is -2.10. The fraction of sp³-hybridized carbons (Fsp3) is 0.304. The van der Waals surface area contributed by atoms with Crippen LogP contribution in [0.15, 0.2) is 30.5 Å². The zero-order valence-corrected chi connectivity index (χ0v) is 18.5. The van der Waals surface area contributed by atoms with E-state index in [1.807, 2.05) is 13.8 Å². The van der Waals surface area contributed by atoms with Gasteiger partial charge in [-0.25, -0.2) is 9.67 Å². The Morgan fingerprint density at radius 2 is 1.94 bits per heavy atom. The first-order valence-electron chi connectivity index (χ1n) is 10.2. The van der Waals surface area contributed by atoms with Crippen LogP contribution in [0.1, 0.15) is 44.1 Å². The number of benzene rings is 1. The second-order valence-corrected chi connectivity index (χ2v) is 8.03. The predicted molar refractivity (Wildman–Crippen MR) is 121 cm³/mol. The average Bonchev–Trinajstić information content (AvgIpc) is 3.27. The van der Waals surface area contributed by atoms with Crippen molar-refractivity contribution in [1.29, 1.82) is 0 Å². The van der Waals surface area contributed by atoms with Gasteiger partial charge in [0.2, 0.25) is 0 Å². The van der Waals surface area contributed by atoms with Gasteiger partial charge in [0.15, 0.2) is 5.69 Å². The molecule has 4 aromatic rings. The van der Waals surface area contributed by atoms with Gasteiger partial charge >= 0.3 is 0 Å². The number of nitrogen functional groups attached to an aromatic ring is 1. The summed E-state index contributed by atoms with van der Waals surface area (Å²) in [5.74, 6) is 0.207. The number of hydrogen-bond acceptors (Lipinski definition) is 5. The van der Waals surface area contributed by atoms with Crippen LogP contribution in [0, 0.1) is 27.7 Å². The van der Waals surface area contributed by atoms with Crippen LogP contribution < -0.4 is 11.1 Å². The van der Waals surface area contributed by atoms with Gasteiger partial charge in [-0.05, 0) is 68.1 Å². The molecule has 0 atom stereocenters. The summed E-state index contributed by atoms with van der Waals surface area (Å²) in [6, 6.07) is 8.19. The number of anilines is 1. The first kappa shape index (κ1) is 20.6. The van der Waals surface area contributed by atoms with Gasteiger partial charge in [-0.1, -0.05) is 11.3 Å². The summed E-state index contributed by atoms with van der Waals surface area (Å²) in [7, 11) is 2.08.